The van der Waals surface area contributed by atoms with Gasteiger partial charge in [-0.2, -0.15) is 0 Å². The van der Waals surface area contributed by atoms with Gasteiger partial charge in [-0.1, -0.05) is 52.0 Å². The summed E-state index contributed by atoms with van der Waals surface area (Å²) in [6.07, 6.45) is 2.75. The molecule has 0 aliphatic carbocycles. The molecule has 2 unspecified atom stereocenters. The maximum atomic E-state index is 12.1. The number of carbonyl (C=O) groups excluding carboxylic acids is 2. The molecule has 0 spiro atoms. The highest BCUT2D eigenvalue weighted by Gasteiger charge is 2.19. The summed E-state index contributed by atoms with van der Waals surface area (Å²) in [5.74, 6) is 0.310. The second kappa shape index (κ2) is 18.1. The zero-order valence-electron chi connectivity index (χ0n) is 24.4. The van der Waals surface area contributed by atoms with E-state index in [1.165, 1.54) is 0 Å². The second-order valence-electron chi connectivity index (χ2n) is 9.73. The van der Waals surface area contributed by atoms with Crippen molar-refractivity contribution in [2.45, 2.75) is 65.6 Å². The molecular weight excluding hydrogens is 512 g/mol. The van der Waals surface area contributed by atoms with E-state index in [1.54, 1.807) is 13.8 Å². The van der Waals surface area contributed by atoms with Crippen LogP contribution in [0.25, 0.3) is 10.8 Å². The molecule has 8 heteroatoms. The van der Waals surface area contributed by atoms with Crippen molar-refractivity contribution < 1.29 is 38.0 Å². The molecule has 0 saturated heterocycles. The molecule has 8 nitrogen and oxygen atoms in total. The molecule has 2 atom stereocenters. The van der Waals surface area contributed by atoms with Crippen LogP contribution in [0.5, 0.6) is 11.5 Å². The van der Waals surface area contributed by atoms with Crippen molar-refractivity contribution in [3.8, 4) is 11.5 Å². The lowest BCUT2D eigenvalue weighted by Gasteiger charge is -2.20. The van der Waals surface area contributed by atoms with Gasteiger partial charge < -0.3 is 28.4 Å². The summed E-state index contributed by atoms with van der Waals surface area (Å²) >= 11 is 0. The minimum atomic E-state index is -0.572. The fourth-order valence-corrected chi connectivity index (χ4v) is 3.48. The Morgan fingerprint density at radius 2 is 1.30 bits per heavy atom. The van der Waals surface area contributed by atoms with Crippen molar-refractivity contribution in [2.75, 3.05) is 39.6 Å². The minimum absolute atomic E-state index is 0.135. The molecule has 220 valence electrons. The van der Waals surface area contributed by atoms with Crippen molar-refractivity contribution in [1.29, 1.82) is 0 Å². The summed E-state index contributed by atoms with van der Waals surface area (Å²) in [7, 11) is 0. The molecule has 0 fully saturated rings. The van der Waals surface area contributed by atoms with E-state index < -0.39 is 24.1 Å². The summed E-state index contributed by atoms with van der Waals surface area (Å²) in [4.78, 5) is 24.2. The maximum Gasteiger partial charge on any atom is 0.333 e. The molecular formula is C32H44O8. The third-order valence-corrected chi connectivity index (χ3v) is 5.81. The first-order valence-corrected chi connectivity index (χ1v) is 13.9. The first kappa shape index (κ1) is 32.8. The highest BCUT2D eigenvalue weighted by molar-refractivity contribution is 5.89. The van der Waals surface area contributed by atoms with E-state index in [1.807, 2.05) is 36.4 Å². The highest BCUT2D eigenvalue weighted by Crippen LogP contribution is 2.29. The number of esters is 2. The Bertz CT molecular complexity index is 1110. The van der Waals surface area contributed by atoms with Crippen molar-refractivity contribution in [1.82, 2.24) is 0 Å². The van der Waals surface area contributed by atoms with Crippen molar-refractivity contribution in [3.05, 3.63) is 60.7 Å². The van der Waals surface area contributed by atoms with Gasteiger partial charge in [0.1, 0.15) is 24.7 Å². The van der Waals surface area contributed by atoms with Crippen molar-refractivity contribution >= 4 is 22.7 Å². The third-order valence-electron chi connectivity index (χ3n) is 5.81. The minimum Gasteiger partial charge on any atom is -0.490 e. The van der Waals surface area contributed by atoms with Gasteiger partial charge in [0, 0.05) is 29.7 Å². The van der Waals surface area contributed by atoms with Gasteiger partial charge in [-0.25, -0.2) is 9.59 Å². The quantitative estimate of drug-likeness (QED) is 0.108. The number of rotatable bonds is 20. The molecule has 2 aromatic carbocycles. The first-order chi connectivity index (χ1) is 19.2. The average Bonchev–Trinajstić information content (AvgIpc) is 2.94. The Hall–Kier alpha value is -3.36. The average molecular weight is 557 g/mol. The predicted octanol–water partition coefficient (Wildman–Crippen LogP) is 6.21. The summed E-state index contributed by atoms with van der Waals surface area (Å²) < 4.78 is 34.4. The molecule has 0 saturated carbocycles. The Morgan fingerprint density at radius 3 is 1.82 bits per heavy atom. The summed E-state index contributed by atoms with van der Waals surface area (Å²) in [6.45, 7) is 16.6. The maximum absolute atomic E-state index is 12.1. The Kier molecular flexibility index (Phi) is 14.8. The number of unbranched alkanes of at least 4 members (excludes halogenated alkanes) is 2. The van der Waals surface area contributed by atoms with E-state index in [0.717, 1.165) is 36.5 Å². The molecule has 0 radical (unpaired) electrons. The SMILES string of the molecule is C=C(C)C(=O)OC(COCCCC)COc1ccc2c(OCC(COCCCC)OC(=O)C(=C)C)cccc2c1. The third kappa shape index (κ3) is 11.8. The van der Waals surface area contributed by atoms with Gasteiger partial charge in [0.15, 0.2) is 12.2 Å². The van der Waals surface area contributed by atoms with Gasteiger partial charge in [0.2, 0.25) is 0 Å². The van der Waals surface area contributed by atoms with Crippen LogP contribution in [0, 0.1) is 0 Å². The molecule has 0 bridgehead atoms. The molecule has 0 heterocycles. The Morgan fingerprint density at radius 1 is 0.750 bits per heavy atom. The van der Waals surface area contributed by atoms with Crippen LogP contribution in [0.3, 0.4) is 0 Å². The molecule has 0 aliphatic heterocycles. The fourth-order valence-electron chi connectivity index (χ4n) is 3.48. The molecule has 40 heavy (non-hydrogen) atoms. The largest absolute Gasteiger partial charge is 0.490 e. The van der Waals surface area contributed by atoms with Gasteiger partial charge in [0.05, 0.1) is 13.2 Å². The lowest BCUT2D eigenvalue weighted by molar-refractivity contribution is -0.150. The van der Waals surface area contributed by atoms with E-state index in [-0.39, 0.29) is 26.4 Å². The van der Waals surface area contributed by atoms with Crippen LogP contribution >= 0.6 is 0 Å². The van der Waals surface area contributed by atoms with Gasteiger partial charge in [-0.3, -0.25) is 0 Å². The number of ether oxygens (including phenoxy) is 6. The molecule has 0 aliphatic rings. The zero-order chi connectivity index (χ0) is 29.3. The number of hydrogen-bond acceptors (Lipinski definition) is 8. The van der Waals surface area contributed by atoms with Crippen LogP contribution in [0.1, 0.15) is 53.4 Å². The standard InChI is InChI=1S/C32H44O8/c1-7-9-16-35-19-27(39-31(33)23(3)4)21-37-26-14-15-29-25(18-26)12-11-13-30(29)38-22-28(20-36-17-10-8-2)40-32(34)24(5)6/h11-15,18,27-28H,3,5,7-10,16-17,19-22H2,1-2,4,6H3. The highest BCUT2D eigenvalue weighted by atomic mass is 16.6. The monoisotopic (exact) mass is 556 g/mol. The van der Waals surface area contributed by atoms with Gasteiger partial charge >= 0.3 is 11.9 Å². The van der Waals surface area contributed by atoms with Gasteiger partial charge in [-0.05, 0) is 56.3 Å². The van der Waals surface area contributed by atoms with E-state index in [9.17, 15) is 9.59 Å². The van der Waals surface area contributed by atoms with Gasteiger partial charge in [0.25, 0.3) is 0 Å². The number of benzene rings is 2. The number of fused-ring (bicyclic) bond motifs is 1. The molecule has 2 aromatic rings. The molecule has 0 amide bonds. The first-order valence-electron chi connectivity index (χ1n) is 13.9. The molecule has 2 rings (SSSR count). The topological polar surface area (TPSA) is 89.5 Å². The predicted molar refractivity (Wildman–Crippen MR) is 156 cm³/mol. The van der Waals surface area contributed by atoms with E-state index in [0.29, 0.717) is 35.9 Å². The van der Waals surface area contributed by atoms with Crippen LogP contribution in [0.4, 0.5) is 0 Å². The van der Waals surface area contributed by atoms with E-state index in [2.05, 4.69) is 27.0 Å². The van der Waals surface area contributed by atoms with Crippen molar-refractivity contribution in [2.24, 2.45) is 0 Å². The molecule has 0 N–H and O–H groups in total. The van der Waals surface area contributed by atoms with E-state index >= 15 is 0 Å². The lowest BCUT2D eigenvalue weighted by atomic mass is 10.1. The van der Waals surface area contributed by atoms with Crippen molar-refractivity contribution in [3.63, 3.8) is 0 Å². The molecule has 0 aromatic heterocycles. The van der Waals surface area contributed by atoms with Crippen LogP contribution in [0.2, 0.25) is 0 Å². The zero-order valence-corrected chi connectivity index (χ0v) is 24.4. The fraction of sp³-hybridized carbons (Fsp3) is 0.500. The Balaban J connectivity index is 2.06. The van der Waals surface area contributed by atoms with Gasteiger partial charge in [-0.15, -0.1) is 0 Å². The van der Waals surface area contributed by atoms with Crippen LogP contribution < -0.4 is 9.47 Å². The Labute approximate surface area is 238 Å². The smallest absolute Gasteiger partial charge is 0.333 e. The summed E-state index contributed by atoms with van der Waals surface area (Å²) in [5.41, 5.74) is 0.640. The van der Waals surface area contributed by atoms with Crippen LogP contribution in [-0.4, -0.2) is 63.8 Å². The van der Waals surface area contributed by atoms with E-state index in [4.69, 9.17) is 28.4 Å². The number of carbonyl (C=O) groups is 2. The normalized spacial score (nSPS) is 12.4. The summed E-state index contributed by atoms with van der Waals surface area (Å²) in [6, 6.07) is 11.3. The van der Waals surface area contributed by atoms with Crippen LogP contribution in [-0.2, 0) is 28.5 Å². The second-order valence-corrected chi connectivity index (χ2v) is 9.73. The lowest BCUT2D eigenvalue weighted by Crippen LogP contribution is -2.30. The summed E-state index contributed by atoms with van der Waals surface area (Å²) in [5, 5.41) is 1.78. The number of hydrogen-bond donors (Lipinski definition) is 0. The van der Waals surface area contributed by atoms with Crippen LogP contribution in [0.15, 0.2) is 60.7 Å².